The zero-order valence-electron chi connectivity index (χ0n) is 11.6. The molecule has 0 aromatic carbocycles. The predicted octanol–water partition coefficient (Wildman–Crippen LogP) is 1.04. The van der Waals surface area contributed by atoms with E-state index < -0.39 is 5.41 Å². The van der Waals surface area contributed by atoms with Crippen molar-refractivity contribution in [2.45, 2.75) is 45.6 Å². The zero-order valence-corrected chi connectivity index (χ0v) is 11.6. The Balaban J connectivity index is 2.13. The fourth-order valence-corrected chi connectivity index (χ4v) is 3.34. The number of nitrogens with two attached hydrogens (primary N) is 1. The number of piperidine rings is 1. The molecule has 1 aliphatic carbocycles. The third-order valence-electron chi connectivity index (χ3n) is 4.56. The molecule has 0 aromatic rings. The molecule has 2 unspecified atom stereocenters. The van der Waals surface area contributed by atoms with E-state index in [0.717, 1.165) is 12.8 Å². The highest BCUT2D eigenvalue weighted by Crippen LogP contribution is 2.47. The van der Waals surface area contributed by atoms with Crippen LogP contribution in [0.15, 0.2) is 0 Å². The van der Waals surface area contributed by atoms with Gasteiger partial charge in [-0.3, -0.25) is 9.59 Å². The fraction of sp³-hybridized carbons (Fsp3) is 0.786. The number of rotatable bonds is 2. The summed E-state index contributed by atoms with van der Waals surface area (Å²) >= 11 is 0. The summed E-state index contributed by atoms with van der Waals surface area (Å²) in [6.07, 6.45) is 2.77. The Kier molecular flexibility index (Phi) is 3.53. The second-order valence-electron chi connectivity index (χ2n) is 6.19. The molecule has 0 aromatic heterocycles. The predicted molar refractivity (Wildman–Crippen MR) is 69.5 cm³/mol. The molecule has 0 radical (unpaired) electrons. The van der Waals surface area contributed by atoms with Crippen LogP contribution in [0.5, 0.6) is 0 Å². The normalized spacial score (nSPS) is 38.2. The van der Waals surface area contributed by atoms with Crippen LogP contribution in [0.4, 0.5) is 0 Å². The van der Waals surface area contributed by atoms with Crippen molar-refractivity contribution in [2.24, 2.45) is 23.0 Å². The molecule has 2 aliphatic rings. The first kappa shape index (κ1) is 13.9. The number of hydrogen-bond acceptors (Lipinski definition) is 3. The largest absolute Gasteiger partial charge is 0.369 e. The summed E-state index contributed by atoms with van der Waals surface area (Å²) in [6, 6.07) is 2.29. The SMILES string of the molecule is CC1CC(C#N)(C(=O)N2CC(C(N)=O)CCC2C)C1. The number of carbonyl (C=O) groups excluding carboxylic acids is 2. The molecule has 2 amide bonds. The quantitative estimate of drug-likeness (QED) is 0.807. The van der Waals surface area contributed by atoms with Crippen LogP contribution in [0.2, 0.25) is 0 Å². The lowest BCUT2D eigenvalue weighted by molar-refractivity contribution is -0.150. The zero-order chi connectivity index (χ0) is 14.2. The van der Waals surface area contributed by atoms with Gasteiger partial charge in [-0.1, -0.05) is 6.92 Å². The Bertz CT molecular complexity index is 434. The summed E-state index contributed by atoms with van der Waals surface area (Å²) in [4.78, 5) is 25.6. The van der Waals surface area contributed by atoms with Crippen molar-refractivity contribution in [3.63, 3.8) is 0 Å². The molecule has 2 fully saturated rings. The van der Waals surface area contributed by atoms with Crippen LogP contribution in [-0.4, -0.2) is 29.3 Å². The van der Waals surface area contributed by atoms with Crippen LogP contribution in [-0.2, 0) is 9.59 Å². The Morgan fingerprint density at radius 1 is 1.32 bits per heavy atom. The van der Waals surface area contributed by atoms with Gasteiger partial charge in [0.25, 0.3) is 0 Å². The standard InChI is InChI=1S/C14H21N3O2/c1-9-5-14(6-9,8-15)13(19)17-7-11(12(16)18)4-3-10(17)2/h9-11H,3-7H2,1-2H3,(H2,16,18). The summed E-state index contributed by atoms with van der Waals surface area (Å²) in [7, 11) is 0. The van der Waals surface area contributed by atoms with Gasteiger partial charge in [-0.15, -0.1) is 0 Å². The van der Waals surface area contributed by atoms with Crippen molar-refractivity contribution in [3.8, 4) is 6.07 Å². The van der Waals surface area contributed by atoms with Gasteiger partial charge in [-0.2, -0.15) is 5.26 Å². The third kappa shape index (κ3) is 2.32. The van der Waals surface area contributed by atoms with Crippen molar-refractivity contribution in [3.05, 3.63) is 0 Å². The van der Waals surface area contributed by atoms with E-state index in [9.17, 15) is 14.9 Å². The van der Waals surface area contributed by atoms with Crippen LogP contribution in [0.3, 0.4) is 0 Å². The van der Waals surface area contributed by atoms with Crippen molar-refractivity contribution >= 4 is 11.8 Å². The molecule has 2 rings (SSSR count). The number of nitriles is 1. The van der Waals surface area contributed by atoms with Gasteiger partial charge in [0.15, 0.2) is 0 Å². The molecule has 1 aliphatic heterocycles. The summed E-state index contributed by atoms with van der Waals surface area (Å²) in [6.45, 7) is 4.39. The summed E-state index contributed by atoms with van der Waals surface area (Å²) in [5, 5.41) is 9.33. The molecule has 0 spiro atoms. The first-order valence-electron chi connectivity index (χ1n) is 6.91. The van der Waals surface area contributed by atoms with Crippen molar-refractivity contribution in [1.29, 1.82) is 5.26 Å². The maximum absolute atomic E-state index is 12.6. The highest BCUT2D eigenvalue weighted by Gasteiger charge is 2.52. The number of likely N-dealkylation sites (tertiary alicyclic amines) is 1. The second kappa shape index (κ2) is 4.84. The second-order valence-corrected chi connectivity index (χ2v) is 6.19. The third-order valence-corrected chi connectivity index (χ3v) is 4.56. The first-order valence-corrected chi connectivity index (χ1v) is 6.91. The lowest BCUT2D eigenvalue weighted by Gasteiger charge is -2.46. The smallest absolute Gasteiger partial charge is 0.243 e. The molecule has 1 heterocycles. The average molecular weight is 263 g/mol. The highest BCUT2D eigenvalue weighted by atomic mass is 16.2. The molecular weight excluding hydrogens is 242 g/mol. The Hall–Kier alpha value is -1.57. The van der Waals surface area contributed by atoms with E-state index in [4.69, 9.17) is 5.73 Å². The van der Waals surface area contributed by atoms with Crippen LogP contribution < -0.4 is 5.73 Å². The van der Waals surface area contributed by atoms with E-state index in [0.29, 0.717) is 25.3 Å². The van der Waals surface area contributed by atoms with E-state index >= 15 is 0 Å². The molecule has 5 nitrogen and oxygen atoms in total. The monoisotopic (exact) mass is 263 g/mol. The van der Waals surface area contributed by atoms with E-state index in [1.165, 1.54) is 0 Å². The van der Waals surface area contributed by atoms with Crippen molar-refractivity contribution in [2.75, 3.05) is 6.54 Å². The molecule has 1 saturated carbocycles. The minimum Gasteiger partial charge on any atom is -0.369 e. The van der Waals surface area contributed by atoms with Crippen LogP contribution >= 0.6 is 0 Å². The van der Waals surface area contributed by atoms with Crippen LogP contribution in [0, 0.1) is 28.6 Å². The van der Waals surface area contributed by atoms with E-state index in [-0.39, 0.29) is 23.8 Å². The van der Waals surface area contributed by atoms with Gasteiger partial charge in [0.1, 0.15) is 5.41 Å². The van der Waals surface area contributed by atoms with Crippen LogP contribution in [0.1, 0.15) is 39.5 Å². The Morgan fingerprint density at radius 3 is 2.42 bits per heavy atom. The van der Waals surface area contributed by atoms with Gasteiger partial charge in [-0.05, 0) is 38.5 Å². The molecule has 5 heteroatoms. The molecule has 1 saturated heterocycles. The first-order chi connectivity index (χ1) is 8.89. The van der Waals surface area contributed by atoms with Gasteiger partial charge in [0, 0.05) is 12.6 Å². The van der Waals surface area contributed by atoms with Crippen LogP contribution in [0.25, 0.3) is 0 Å². The molecular formula is C14H21N3O2. The van der Waals surface area contributed by atoms with Gasteiger partial charge in [0.05, 0.1) is 12.0 Å². The summed E-state index contributed by atoms with van der Waals surface area (Å²) < 4.78 is 0. The summed E-state index contributed by atoms with van der Waals surface area (Å²) in [5.41, 5.74) is 4.49. The van der Waals surface area contributed by atoms with E-state index in [1.807, 2.05) is 6.92 Å². The van der Waals surface area contributed by atoms with E-state index in [1.54, 1.807) is 4.90 Å². The summed E-state index contributed by atoms with van der Waals surface area (Å²) in [5.74, 6) is -0.298. The number of amides is 2. The molecule has 104 valence electrons. The van der Waals surface area contributed by atoms with Gasteiger partial charge in [0.2, 0.25) is 11.8 Å². The molecule has 2 atom stereocenters. The minimum absolute atomic E-state index is 0.0873. The lowest BCUT2D eigenvalue weighted by Crippen LogP contribution is -2.56. The van der Waals surface area contributed by atoms with Gasteiger partial charge in [-0.25, -0.2) is 0 Å². The molecule has 0 bridgehead atoms. The Morgan fingerprint density at radius 2 is 1.95 bits per heavy atom. The molecule has 19 heavy (non-hydrogen) atoms. The van der Waals surface area contributed by atoms with Gasteiger partial charge >= 0.3 is 0 Å². The van der Waals surface area contributed by atoms with Gasteiger partial charge < -0.3 is 10.6 Å². The van der Waals surface area contributed by atoms with Crippen molar-refractivity contribution < 1.29 is 9.59 Å². The number of carbonyl (C=O) groups is 2. The van der Waals surface area contributed by atoms with Crippen molar-refractivity contribution in [1.82, 2.24) is 4.90 Å². The number of hydrogen-bond donors (Lipinski definition) is 1. The Labute approximate surface area is 113 Å². The fourth-order valence-electron chi connectivity index (χ4n) is 3.34. The lowest BCUT2D eigenvalue weighted by atomic mass is 9.62. The number of primary amides is 1. The highest BCUT2D eigenvalue weighted by molar-refractivity contribution is 5.87. The molecule has 2 N–H and O–H groups in total. The maximum atomic E-state index is 12.6. The topological polar surface area (TPSA) is 87.2 Å². The minimum atomic E-state index is -0.854. The number of nitrogens with zero attached hydrogens (tertiary/aromatic N) is 2. The maximum Gasteiger partial charge on any atom is 0.243 e. The average Bonchev–Trinajstić information content (AvgIpc) is 2.34. The van der Waals surface area contributed by atoms with E-state index in [2.05, 4.69) is 13.0 Å².